The minimum Gasteiger partial charge on any atom is -0.493 e. The predicted octanol–water partition coefficient (Wildman–Crippen LogP) is 6.89. The lowest BCUT2D eigenvalue weighted by Gasteiger charge is -2.12. The van der Waals surface area contributed by atoms with Crippen molar-refractivity contribution in [3.8, 4) is 17.6 Å². The lowest BCUT2D eigenvalue weighted by Crippen LogP contribution is -2.13. The first-order chi connectivity index (χ1) is 15.4. The minimum absolute atomic E-state index is 0.106. The van der Waals surface area contributed by atoms with Crippen LogP contribution in [0.5, 0.6) is 11.5 Å². The first kappa shape index (κ1) is 23.7. The Hall–Kier alpha value is -2.98. The highest BCUT2D eigenvalue weighted by molar-refractivity contribution is 9.10. The molecule has 162 valence electrons. The molecular formula is C24H17BrCl2N2O3. The molecule has 0 fully saturated rings. The maximum atomic E-state index is 12.6. The number of nitrogens with zero attached hydrogens (tertiary/aromatic N) is 1. The number of carbonyl (C=O) groups is 1. The van der Waals surface area contributed by atoms with Crippen molar-refractivity contribution in [2.24, 2.45) is 0 Å². The summed E-state index contributed by atoms with van der Waals surface area (Å²) >= 11 is 15.4. The number of halogens is 3. The van der Waals surface area contributed by atoms with Crippen molar-refractivity contribution >= 4 is 56.8 Å². The highest BCUT2D eigenvalue weighted by Crippen LogP contribution is 2.30. The quantitative estimate of drug-likeness (QED) is 0.266. The van der Waals surface area contributed by atoms with Crippen LogP contribution in [0.3, 0.4) is 0 Å². The zero-order chi connectivity index (χ0) is 23.1. The Labute approximate surface area is 204 Å². The zero-order valence-corrected chi connectivity index (χ0v) is 20.0. The number of nitriles is 1. The van der Waals surface area contributed by atoms with Gasteiger partial charge in [0.15, 0.2) is 11.5 Å². The van der Waals surface area contributed by atoms with Crippen molar-refractivity contribution in [2.75, 3.05) is 12.4 Å². The molecule has 0 aliphatic carbocycles. The average Bonchev–Trinajstić information content (AvgIpc) is 2.79. The van der Waals surface area contributed by atoms with E-state index in [1.165, 1.54) is 12.1 Å². The van der Waals surface area contributed by atoms with E-state index in [9.17, 15) is 10.1 Å². The number of ether oxygens (including phenoxy) is 2. The van der Waals surface area contributed by atoms with Gasteiger partial charge in [-0.15, -0.1) is 0 Å². The van der Waals surface area contributed by atoms with Gasteiger partial charge in [-0.25, -0.2) is 0 Å². The monoisotopic (exact) mass is 530 g/mol. The van der Waals surface area contributed by atoms with E-state index >= 15 is 0 Å². The number of benzene rings is 3. The smallest absolute Gasteiger partial charge is 0.266 e. The molecule has 0 atom stereocenters. The molecule has 32 heavy (non-hydrogen) atoms. The minimum atomic E-state index is -0.607. The van der Waals surface area contributed by atoms with E-state index in [-0.39, 0.29) is 5.57 Å². The molecule has 0 bridgehead atoms. The molecule has 0 aliphatic heterocycles. The fraction of sp³-hybridized carbons (Fsp3) is 0.0833. The third-order valence-electron chi connectivity index (χ3n) is 4.35. The van der Waals surface area contributed by atoms with E-state index in [0.717, 1.165) is 10.0 Å². The number of rotatable bonds is 7. The van der Waals surface area contributed by atoms with Crippen LogP contribution >= 0.6 is 39.1 Å². The summed E-state index contributed by atoms with van der Waals surface area (Å²) < 4.78 is 12.3. The van der Waals surface area contributed by atoms with Crippen LogP contribution in [0.25, 0.3) is 6.08 Å². The van der Waals surface area contributed by atoms with Gasteiger partial charge in [-0.05, 0) is 59.7 Å². The fourth-order valence-electron chi connectivity index (χ4n) is 2.74. The Bertz CT molecular complexity index is 1200. The molecule has 5 nitrogen and oxygen atoms in total. The van der Waals surface area contributed by atoms with E-state index < -0.39 is 5.91 Å². The van der Waals surface area contributed by atoms with Crippen molar-refractivity contribution in [1.82, 2.24) is 0 Å². The van der Waals surface area contributed by atoms with Crippen molar-refractivity contribution in [1.29, 1.82) is 5.26 Å². The van der Waals surface area contributed by atoms with E-state index in [2.05, 4.69) is 21.2 Å². The molecule has 0 aromatic heterocycles. The van der Waals surface area contributed by atoms with Gasteiger partial charge >= 0.3 is 0 Å². The molecule has 0 unspecified atom stereocenters. The number of carbonyl (C=O) groups excluding carboxylic acids is 1. The Morgan fingerprint density at radius 3 is 2.53 bits per heavy atom. The van der Waals surface area contributed by atoms with Crippen molar-refractivity contribution in [2.45, 2.75) is 6.61 Å². The molecular weight excluding hydrogens is 515 g/mol. The first-order valence-electron chi connectivity index (χ1n) is 9.33. The highest BCUT2D eigenvalue weighted by atomic mass is 79.9. The lowest BCUT2D eigenvalue weighted by atomic mass is 10.1. The number of anilines is 1. The van der Waals surface area contributed by atoms with Crippen LogP contribution < -0.4 is 14.8 Å². The highest BCUT2D eigenvalue weighted by Gasteiger charge is 2.13. The molecule has 0 spiro atoms. The maximum absolute atomic E-state index is 12.6. The molecule has 3 rings (SSSR count). The van der Waals surface area contributed by atoms with Crippen LogP contribution in [-0.4, -0.2) is 13.0 Å². The third kappa shape index (κ3) is 6.27. The topological polar surface area (TPSA) is 71.3 Å². The van der Waals surface area contributed by atoms with Gasteiger partial charge in [0.2, 0.25) is 0 Å². The van der Waals surface area contributed by atoms with Crippen molar-refractivity contribution < 1.29 is 14.3 Å². The lowest BCUT2D eigenvalue weighted by molar-refractivity contribution is -0.112. The number of methoxy groups -OCH3 is 1. The van der Waals surface area contributed by atoms with Crippen LogP contribution in [0, 0.1) is 11.3 Å². The van der Waals surface area contributed by atoms with Gasteiger partial charge in [-0.3, -0.25) is 4.79 Å². The molecule has 1 N–H and O–H groups in total. The summed E-state index contributed by atoms with van der Waals surface area (Å²) in [6, 6.07) is 19.5. The van der Waals surface area contributed by atoms with Gasteiger partial charge in [0.05, 0.1) is 17.8 Å². The summed E-state index contributed by atoms with van der Waals surface area (Å²) in [5, 5.41) is 12.8. The predicted molar refractivity (Wildman–Crippen MR) is 130 cm³/mol. The summed E-state index contributed by atoms with van der Waals surface area (Å²) in [6.45, 7) is 0.329. The van der Waals surface area contributed by atoms with Crippen LogP contribution in [-0.2, 0) is 11.4 Å². The molecule has 0 saturated carbocycles. The molecule has 1 amide bonds. The largest absolute Gasteiger partial charge is 0.493 e. The van der Waals surface area contributed by atoms with E-state index in [1.807, 2.05) is 30.3 Å². The van der Waals surface area contributed by atoms with E-state index in [0.29, 0.717) is 39.4 Å². The fourth-order valence-corrected chi connectivity index (χ4v) is 3.34. The maximum Gasteiger partial charge on any atom is 0.266 e. The third-order valence-corrected chi connectivity index (χ3v) is 5.44. The number of amides is 1. The summed E-state index contributed by atoms with van der Waals surface area (Å²) in [5.74, 6) is 0.414. The Kier molecular flexibility index (Phi) is 8.18. The number of hydrogen-bond acceptors (Lipinski definition) is 4. The first-order valence-corrected chi connectivity index (χ1v) is 10.9. The SMILES string of the molecule is COc1ccc(/C=C(\C#N)C(=O)Nc2cc(Cl)ccc2Cl)cc1OCc1ccc(Br)cc1. The van der Waals surface area contributed by atoms with Crippen LogP contribution in [0.4, 0.5) is 5.69 Å². The standard InChI is InChI=1S/C24H17BrCl2N2O3/c1-31-22-9-4-16(11-23(22)32-14-15-2-5-18(25)6-3-15)10-17(13-28)24(30)29-21-12-19(26)7-8-20(21)27/h2-12H,14H2,1H3,(H,29,30)/b17-10+. The summed E-state index contributed by atoms with van der Waals surface area (Å²) in [6.07, 6.45) is 1.46. The molecule has 0 saturated heterocycles. The van der Waals surface area contributed by atoms with Crippen molar-refractivity contribution in [3.05, 3.63) is 91.9 Å². The molecule has 0 heterocycles. The number of hydrogen-bond donors (Lipinski definition) is 1. The molecule has 3 aromatic carbocycles. The second-order valence-electron chi connectivity index (χ2n) is 6.57. The van der Waals surface area contributed by atoms with Gasteiger partial charge < -0.3 is 14.8 Å². The zero-order valence-electron chi connectivity index (χ0n) is 16.9. The van der Waals surface area contributed by atoms with Crippen LogP contribution in [0.1, 0.15) is 11.1 Å². The normalized spacial score (nSPS) is 10.9. The summed E-state index contributed by atoms with van der Waals surface area (Å²) in [7, 11) is 1.54. The van der Waals surface area contributed by atoms with Crippen LogP contribution in [0.2, 0.25) is 10.0 Å². The Morgan fingerprint density at radius 1 is 1.09 bits per heavy atom. The van der Waals surface area contributed by atoms with Crippen LogP contribution in [0.15, 0.2) is 70.7 Å². The summed E-state index contributed by atoms with van der Waals surface area (Å²) in [5.41, 5.74) is 1.79. The van der Waals surface area contributed by atoms with E-state index in [4.69, 9.17) is 32.7 Å². The van der Waals surface area contributed by atoms with Crippen molar-refractivity contribution in [3.63, 3.8) is 0 Å². The summed E-state index contributed by atoms with van der Waals surface area (Å²) in [4.78, 5) is 12.6. The van der Waals surface area contributed by atoms with Gasteiger partial charge in [0, 0.05) is 9.50 Å². The second kappa shape index (κ2) is 11.1. The average molecular weight is 532 g/mol. The number of nitrogens with one attached hydrogen (secondary N) is 1. The van der Waals surface area contributed by atoms with Gasteiger partial charge in [0.25, 0.3) is 5.91 Å². The Morgan fingerprint density at radius 2 is 1.84 bits per heavy atom. The molecule has 8 heteroatoms. The van der Waals surface area contributed by atoms with Gasteiger partial charge in [-0.1, -0.05) is 57.3 Å². The second-order valence-corrected chi connectivity index (χ2v) is 8.33. The molecule has 3 aromatic rings. The van der Waals surface area contributed by atoms with E-state index in [1.54, 1.807) is 37.4 Å². The van der Waals surface area contributed by atoms with Gasteiger partial charge in [0.1, 0.15) is 18.2 Å². The van der Waals surface area contributed by atoms with Gasteiger partial charge in [-0.2, -0.15) is 5.26 Å². The molecule has 0 radical (unpaired) electrons. The molecule has 0 aliphatic rings. The Balaban J connectivity index is 1.81.